The minimum absolute atomic E-state index is 0.0283. The van der Waals surface area contributed by atoms with Gasteiger partial charge in [0, 0.05) is 52.2 Å². The number of nitrogens with one attached hydrogen (secondary N) is 1. The van der Waals surface area contributed by atoms with Gasteiger partial charge < -0.3 is 15.1 Å². The first kappa shape index (κ1) is 17.3. The molecule has 0 spiro atoms. The highest BCUT2D eigenvalue weighted by Crippen LogP contribution is 2.30. The van der Waals surface area contributed by atoms with Crippen LogP contribution in [0.4, 0.5) is 10.6 Å². The third kappa shape index (κ3) is 3.75. The molecule has 1 atom stereocenters. The number of aromatic nitrogens is 3. The maximum absolute atomic E-state index is 12.8. The molecule has 0 unspecified atom stereocenters. The van der Waals surface area contributed by atoms with Crippen LogP contribution in [0.5, 0.6) is 0 Å². The van der Waals surface area contributed by atoms with Crippen LogP contribution >= 0.6 is 0 Å². The zero-order valence-electron chi connectivity index (χ0n) is 15.1. The average molecular weight is 342 g/mol. The Morgan fingerprint density at radius 1 is 1.32 bits per heavy atom. The highest BCUT2D eigenvalue weighted by molar-refractivity contribution is 5.75. The standard InChI is InChI=1S/C18H26N6O/c1-22(2)17-14(7-6-10-19-17)13-20-18(25)24-12-5-4-8-16(24)15-9-11-21-23(15)3/h6-7,9-11,16H,4-5,8,12-13H2,1-3H3,(H,20,25)/t16-/m0/s1. The monoisotopic (exact) mass is 342 g/mol. The summed E-state index contributed by atoms with van der Waals surface area (Å²) in [5.74, 6) is 0.879. The molecule has 1 fully saturated rings. The molecule has 1 saturated heterocycles. The Morgan fingerprint density at radius 3 is 2.88 bits per heavy atom. The van der Waals surface area contributed by atoms with Crippen molar-refractivity contribution in [3.63, 3.8) is 0 Å². The van der Waals surface area contributed by atoms with Crippen LogP contribution in [0, 0.1) is 0 Å². The van der Waals surface area contributed by atoms with E-state index in [9.17, 15) is 4.79 Å². The van der Waals surface area contributed by atoms with Crippen LogP contribution in [0.2, 0.25) is 0 Å². The van der Waals surface area contributed by atoms with Crippen molar-refractivity contribution in [1.29, 1.82) is 0 Å². The molecule has 2 aromatic heterocycles. The number of nitrogens with zero attached hydrogens (tertiary/aromatic N) is 5. The molecule has 3 heterocycles. The van der Waals surface area contributed by atoms with Crippen molar-refractivity contribution < 1.29 is 4.79 Å². The Labute approximate surface area is 148 Å². The molecule has 2 aromatic rings. The van der Waals surface area contributed by atoms with E-state index in [0.29, 0.717) is 6.54 Å². The van der Waals surface area contributed by atoms with Crippen LogP contribution in [0.1, 0.15) is 36.6 Å². The molecular weight excluding hydrogens is 316 g/mol. The maximum Gasteiger partial charge on any atom is 0.318 e. The molecule has 0 radical (unpaired) electrons. The van der Waals surface area contributed by atoms with Gasteiger partial charge in [0.1, 0.15) is 5.82 Å². The highest BCUT2D eigenvalue weighted by Gasteiger charge is 2.29. The van der Waals surface area contributed by atoms with Gasteiger partial charge in [-0.3, -0.25) is 4.68 Å². The summed E-state index contributed by atoms with van der Waals surface area (Å²) in [5.41, 5.74) is 2.10. The van der Waals surface area contributed by atoms with Crippen molar-refractivity contribution >= 4 is 11.8 Å². The Balaban J connectivity index is 1.71. The van der Waals surface area contributed by atoms with Crippen molar-refractivity contribution in [2.24, 2.45) is 7.05 Å². The molecule has 0 aliphatic carbocycles. The number of likely N-dealkylation sites (tertiary alicyclic amines) is 1. The Bertz CT molecular complexity index is 726. The van der Waals surface area contributed by atoms with Gasteiger partial charge >= 0.3 is 6.03 Å². The van der Waals surface area contributed by atoms with Gasteiger partial charge in [-0.25, -0.2) is 9.78 Å². The molecule has 1 aliphatic heterocycles. The highest BCUT2D eigenvalue weighted by atomic mass is 16.2. The number of carbonyl (C=O) groups excluding carboxylic acids is 1. The second-order valence-corrected chi connectivity index (χ2v) is 6.62. The fraction of sp³-hybridized carbons (Fsp3) is 0.500. The Hall–Kier alpha value is -2.57. The summed E-state index contributed by atoms with van der Waals surface area (Å²) in [6.07, 6.45) is 6.70. The summed E-state index contributed by atoms with van der Waals surface area (Å²) in [4.78, 5) is 21.1. The van der Waals surface area contributed by atoms with E-state index < -0.39 is 0 Å². The number of hydrogen-bond donors (Lipinski definition) is 1. The van der Waals surface area contributed by atoms with Crippen molar-refractivity contribution in [3.8, 4) is 0 Å². The minimum atomic E-state index is -0.0283. The summed E-state index contributed by atoms with van der Waals surface area (Å²) < 4.78 is 1.86. The first-order valence-corrected chi connectivity index (χ1v) is 8.71. The van der Waals surface area contributed by atoms with Crippen molar-refractivity contribution in [2.45, 2.75) is 31.8 Å². The topological polar surface area (TPSA) is 66.3 Å². The number of urea groups is 1. The SMILES string of the molecule is CN(C)c1ncccc1CNC(=O)N1CCCC[C@H]1c1ccnn1C. The lowest BCUT2D eigenvalue weighted by atomic mass is 9.99. The van der Waals surface area contributed by atoms with Gasteiger partial charge in [0.2, 0.25) is 0 Å². The number of rotatable bonds is 4. The van der Waals surface area contributed by atoms with Gasteiger partial charge in [-0.1, -0.05) is 6.07 Å². The normalized spacial score (nSPS) is 17.4. The summed E-state index contributed by atoms with van der Waals surface area (Å²) >= 11 is 0. The summed E-state index contributed by atoms with van der Waals surface area (Å²) in [6.45, 7) is 1.24. The lowest BCUT2D eigenvalue weighted by Crippen LogP contribution is -2.45. The van der Waals surface area contributed by atoms with Crippen LogP contribution in [0.15, 0.2) is 30.6 Å². The molecular formula is C18H26N6O. The summed E-state index contributed by atoms with van der Waals surface area (Å²) in [7, 11) is 5.84. The van der Waals surface area contributed by atoms with E-state index in [2.05, 4.69) is 15.4 Å². The van der Waals surface area contributed by atoms with Crippen molar-refractivity contribution in [1.82, 2.24) is 25.0 Å². The van der Waals surface area contributed by atoms with E-state index >= 15 is 0 Å². The van der Waals surface area contributed by atoms with E-state index in [-0.39, 0.29) is 12.1 Å². The number of carbonyl (C=O) groups is 1. The van der Waals surface area contributed by atoms with E-state index in [1.807, 2.05) is 53.8 Å². The fourth-order valence-electron chi connectivity index (χ4n) is 3.44. The van der Waals surface area contributed by atoms with Crippen LogP contribution in [-0.2, 0) is 13.6 Å². The third-order valence-corrected chi connectivity index (χ3v) is 4.69. The number of amides is 2. The predicted octanol–water partition coefficient (Wildman–Crippen LogP) is 2.32. The molecule has 7 nitrogen and oxygen atoms in total. The third-order valence-electron chi connectivity index (χ3n) is 4.69. The number of piperidine rings is 1. The van der Waals surface area contributed by atoms with Gasteiger partial charge in [-0.15, -0.1) is 0 Å². The lowest BCUT2D eigenvalue weighted by molar-refractivity contribution is 0.147. The maximum atomic E-state index is 12.8. The molecule has 7 heteroatoms. The number of pyridine rings is 1. The molecule has 0 saturated carbocycles. The zero-order chi connectivity index (χ0) is 17.8. The molecule has 0 aromatic carbocycles. The molecule has 0 bridgehead atoms. The second kappa shape index (κ2) is 7.55. The molecule has 2 amide bonds. The Kier molecular flexibility index (Phi) is 5.21. The first-order valence-electron chi connectivity index (χ1n) is 8.71. The van der Waals surface area contributed by atoms with Gasteiger partial charge in [-0.05, 0) is 31.4 Å². The molecule has 3 rings (SSSR count). The molecule has 1 aliphatic rings. The second-order valence-electron chi connectivity index (χ2n) is 6.62. The van der Waals surface area contributed by atoms with E-state index in [1.54, 1.807) is 12.4 Å². The summed E-state index contributed by atoms with van der Waals surface area (Å²) in [6, 6.07) is 5.95. The van der Waals surface area contributed by atoms with Gasteiger partial charge in [0.25, 0.3) is 0 Å². The largest absolute Gasteiger partial charge is 0.362 e. The quantitative estimate of drug-likeness (QED) is 0.926. The lowest BCUT2D eigenvalue weighted by Gasteiger charge is -2.35. The number of hydrogen-bond acceptors (Lipinski definition) is 4. The Morgan fingerprint density at radius 2 is 2.16 bits per heavy atom. The van der Waals surface area contributed by atoms with E-state index in [1.165, 1.54) is 0 Å². The minimum Gasteiger partial charge on any atom is -0.362 e. The van der Waals surface area contributed by atoms with Gasteiger partial charge in [0.05, 0.1) is 11.7 Å². The van der Waals surface area contributed by atoms with Crippen LogP contribution in [-0.4, -0.2) is 46.3 Å². The van der Waals surface area contributed by atoms with Crippen LogP contribution in [0.25, 0.3) is 0 Å². The summed E-state index contributed by atoms with van der Waals surface area (Å²) in [5, 5.41) is 7.32. The van der Waals surface area contributed by atoms with Gasteiger partial charge in [-0.2, -0.15) is 5.10 Å². The molecule has 25 heavy (non-hydrogen) atoms. The van der Waals surface area contributed by atoms with E-state index in [4.69, 9.17) is 0 Å². The van der Waals surface area contributed by atoms with Crippen molar-refractivity contribution in [2.75, 3.05) is 25.5 Å². The molecule has 1 N–H and O–H groups in total. The average Bonchev–Trinajstić information content (AvgIpc) is 3.05. The van der Waals surface area contributed by atoms with E-state index in [0.717, 1.165) is 42.9 Å². The smallest absolute Gasteiger partial charge is 0.318 e. The molecule has 134 valence electrons. The predicted molar refractivity (Wildman–Crippen MR) is 97.3 cm³/mol. The van der Waals surface area contributed by atoms with Gasteiger partial charge in [0.15, 0.2) is 0 Å². The van der Waals surface area contributed by atoms with Crippen LogP contribution in [0.3, 0.4) is 0 Å². The number of anilines is 1. The van der Waals surface area contributed by atoms with Crippen LogP contribution < -0.4 is 10.2 Å². The van der Waals surface area contributed by atoms with Crippen molar-refractivity contribution in [3.05, 3.63) is 41.9 Å². The first-order chi connectivity index (χ1) is 12.1. The number of aryl methyl sites for hydroxylation is 1. The fourth-order valence-corrected chi connectivity index (χ4v) is 3.44. The zero-order valence-corrected chi connectivity index (χ0v) is 15.1.